The maximum atomic E-state index is 12.7. The van der Waals surface area contributed by atoms with Gasteiger partial charge in [-0.1, -0.05) is 23.2 Å². The Morgan fingerprint density at radius 1 is 0.963 bits per heavy atom. The predicted molar refractivity (Wildman–Crippen MR) is 104 cm³/mol. The maximum absolute atomic E-state index is 12.7. The average Bonchev–Trinajstić information content (AvgIpc) is 3.24. The molecule has 0 radical (unpaired) electrons. The summed E-state index contributed by atoms with van der Waals surface area (Å²) in [6.07, 6.45) is 5.18. The summed E-state index contributed by atoms with van der Waals surface area (Å²) < 4.78 is 1.79. The Morgan fingerprint density at radius 2 is 1.70 bits per heavy atom. The molecule has 1 aliphatic heterocycles. The van der Waals surface area contributed by atoms with Crippen LogP contribution in [-0.2, 0) is 0 Å². The van der Waals surface area contributed by atoms with Gasteiger partial charge in [-0.3, -0.25) is 9.36 Å². The number of halogens is 2. The van der Waals surface area contributed by atoms with Crippen LogP contribution in [-0.4, -0.2) is 56.7 Å². The van der Waals surface area contributed by atoms with E-state index in [1.54, 1.807) is 40.2 Å². The van der Waals surface area contributed by atoms with Crippen molar-refractivity contribution >= 4 is 34.9 Å². The van der Waals surface area contributed by atoms with Crippen molar-refractivity contribution in [3.05, 3.63) is 64.7 Å². The van der Waals surface area contributed by atoms with E-state index in [4.69, 9.17) is 23.2 Å². The lowest BCUT2D eigenvalue weighted by atomic mass is 10.1. The zero-order valence-electron chi connectivity index (χ0n) is 14.3. The molecule has 9 heteroatoms. The number of piperazine rings is 1. The lowest BCUT2D eigenvalue weighted by Crippen LogP contribution is -2.49. The number of hydrogen-bond acceptors (Lipinski definition) is 5. The van der Waals surface area contributed by atoms with Crippen LogP contribution in [0, 0.1) is 0 Å². The van der Waals surface area contributed by atoms with Gasteiger partial charge in [0.05, 0.1) is 10.6 Å². The van der Waals surface area contributed by atoms with E-state index in [0.29, 0.717) is 47.6 Å². The highest BCUT2D eigenvalue weighted by Gasteiger charge is 2.24. The van der Waals surface area contributed by atoms with Gasteiger partial charge in [0.2, 0.25) is 0 Å². The summed E-state index contributed by atoms with van der Waals surface area (Å²) in [6, 6.07) is 8.75. The van der Waals surface area contributed by atoms with Crippen molar-refractivity contribution in [2.45, 2.75) is 0 Å². The summed E-state index contributed by atoms with van der Waals surface area (Å²) >= 11 is 12.1. The Bertz CT molecular complexity index is 937. The molecule has 0 aliphatic carbocycles. The van der Waals surface area contributed by atoms with Crippen LogP contribution >= 0.6 is 23.2 Å². The summed E-state index contributed by atoms with van der Waals surface area (Å²) in [5.41, 5.74) is 0.432. The lowest BCUT2D eigenvalue weighted by Gasteiger charge is -2.35. The molecule has 4 rings (SSSR count). The highest BCUT2D eigenvalue weighted by molar-refractivity contribution is 6.35. The number of nitrogens with zero attached hydrogens (tertiary/aromatic N) is 6. The molecule has 0 bridgehead atoms. The van der Waals surface area contributed by atoms with Crippen molar-refractivity contribution < 1.29 is 4.79 Å². The van der Waals surface area contributed by atoms with Gasteiger partial charge in [0, 0.05) is 43.6 Å². The van der Waals surface area contributed by atoms with E-state index in [9.17, 15) is 4.79 Å². The van der Waals surface area contributed by atoms with Crippen molar-refractivity contribution in [2.24, 2.45) is 0 Å². The Hall–Kier alpha value is -2.64. The minimum atomic E-state index is -0.108. The van der Waals surface area contributed by atoms with Gasteiger partial charge < -0.3 is 9.80 Å². The first-order chi connectivity index (χ1) is 13.1. The van der Waals surface area contributed by atoms with Gasteiger partial charge >= 0.3 is 0 Å². The number of benzene rings is 1. The first-order valence-corrected chi connectivity index (χ1v) is 9.19. The summed E-state index contributed by atoms with van der Waals surface area (Å²) in [6.45, 7) is 2.49. The Kier molecular flexibility index (Phi) is 4.96. The molecule has 1 fully saturated rings. The van der Waals surface area contributed by atoms with Crippen LogP contribution in [0.2, 0.25) is 10.0 Å². The third kappa shape index (κ3) is 3.74. The molecule has 2 aromatic heterocycles. The van der Waals surface area contributed by atoms with Gasteiger partial charge in [-0.15, -0.1) is 10.2 Å². The number of anilines is 1. The Morgan fingerprint density at radius 3 is 2.37 bits per heavy atom. The smallest absolute Gasteiger partial charge is 0.255 e. The van der Waals surface area contributed by atoms with Crippen molar-refractivity contribution in [3.63, 3.8) is 0 Å². The number of aromatic nitrogens is 4. The fourth-order valence-electron chi connectivity index (χ4n) is 2.99. The third-order valence-electron chi connectivity index (χ3n) is 4.46. The fraction of sp³-hybridized carbons (Fsp3) is 0.222. The molecule has 3 aromatic rings. The minimum Gasteiger partial charge on any atom is -0.352 e. The van der Waals surface area contributed by atoms with Gasteiger partial charge in [0.15, 0.2) is 11.6 Å². The average molecular weight is 403 g/mol. The van der Waals surface area contributed by atoms with E-state index in [-0.39, 0.29) is 5.91 Å². The molecule has 7 nitrogen and oxygen atoms in total. The molecule has 0 unspecified atom stereocenters. The SMILES string of the molecule is O=C(c1cc(Cl)ccc1Cl)N1CCN(c2ccc(-n3ccnc3)nn2)CC1. The number of carbonyl (C=O) groups excluding carboxylic acids is 1. The van der Waals surface area contributed by atoms with Crippen LogP contribution in [0.15, 0.2) is 49.1 Å². The van der Waals surface area contributed by atoms with Gasteiger partial charge in [-0.25, -0.2) is 4.98 Å². The highest BCUT2D eigenvalue weighted by Crippen LogP contribution is 2.23. The van der Waals surface area contributed by atoms with E-state index in [2.05, 4.69) is 20.1 Å². The second kappa shape index (κ2) is 7.54. The number of imidazole rings is 1. The van der Waals surface area contributed by atoms with Crippen LogP contribution in [0.3, 0.4) is 0 Å². The molecule has 1 saturated heterocycles. The molecule has 0 N–H and O–H groups in total. The van der Waals surface area contributed by atoms with E-state index in [0.717, 1.165) is 5.82 Å². The second-order valence-corrected chi connectivity index (χ2v) is 6.97. The van der Waals surface area contributed by atoms with Crippen LogP contribution in [0.5, 0.6) is 0 Å². The second-order valence-electron chi connectivity index (χ2n) is 6.12. The third-order valence-corrected chi connectivity index (χ3v) is 5.02. The maximum Gasteiger partial charge on any atom is 0.255 e. The summed E-state index contributed by atoms with van der Waals surface area (Å²) in [4.78, 5) is 20.6. The zero-order valence-corrected chi connectivity index (χ0v) is 15.8. The molecular formula is C18H16Cl2N6O. The number of rotatable bonds is 3. The molecule has 27 heavy (non-hydrogen) atoms. The van der Waals surface area contributed by atoms with Crippen LogP contribution in [0.1, 0.15) is 10.4 Å². The van der Waals surface area contributed by atoms with Gasteiger partial charge in [-0.05, 0) is 30.3 Å². The molecule has 1 amide bonds. The van der Waals surface area contributed by atoms with Crippen molar-refractivity contribution in [2.75, 3.05) is 31.1 Å². The zero-order chi connectivity index (χ0) is 18.8. The van der Waals surface area contributed by atoms with E-state index < -0.39 is 0 Å². The van der Waals surface area contributed by atoms with E-state index in [1.807, 2.05) is 18.3 Å². The quantitative estimate of drug-likeness (QED) is 0.673. The number of hydrogen-bond donors (Lipinski definition) is 0. The number of amides is 1. The number of carbonyl (C=O) groups is 1. The molecule has 138 valence electrons. The standard InChI is InChI=1S/C18H16Cl2N6O/c19-13-1-2-15(20)14(11-13)18(27)25-9-7-24(8-10-25)16-3-4-17(23-22-16)26-6-5-21-12-26/h1-6,11-12H,7-10H2. The van der Waals surface area contributed by atoms with E-state index >= 15 is 0 Å². The monoisotopic (exact) mass is 402 g/mol. The largest absolute Gasteiger partial charge is 0.352 e. The van der Waals surface area contributed by atoms with Crippen molar-refractivity contribution in [1.29, 1.82) is 0 Å². The first-order valence-electron chi connectivity index (χ1n) is 8.43. The Balaban J connectivity index is 1.41. The molecule has 0 atom stereocenters. The van der Waals surface area contributed by atoms with Gasteiger partial charge in [-0.2, -0.15) is 0 Å². The van der Waals surface area contributed by atoms with Crippen molar-refractivity contribution in [3.8, 4) is 5.82 Å². The topological polar surface area (TPSA) is 67.2 Å². The molecule has 0 saturated carbocycles. The highest BCUT2D eigenvalue weighted by atomic mass is 35.5. The van der Waals surface area contributed by atoms with Gasteiger partial charge in [0.1, 0.15) is 6.33 Å². The van der Waals surface area contributed by atoms with Crippen LogP contribution < -0.4 is 4.90 Å². The molecular weight excluding hydrogens is 387 g/mol. The lowest BCUT2D eigenvalue weighted by molar-refractivity contribution is 0.0746. The van der Waals surface area contributed by atoms with Gasteiger partial charge in [0.25, 0.3) is 5.91 Å². The Labute approximate surface area is 166 Å². The summed E-state index contributed by atoms with van der Waals surface area (Å²) in [7, 11) is 0. The predicted octanol–water partition coefficient (Wildman–Crippen LogP) is 2.93. The molecule has 1 aromatic carbocycles. The molecule has 3 heterocycles. The van der Waals surface area contributed by atoms with Crippen LogP contribution in [0.25, 0.3) is 5.82 Å². The van der Waals surface area contributed by atoms with Crippen molar-refractivity contribution in [1.82, 2.24) is 24.6 Å². The summed E-state index contributed by atoms with van der Waals surface area (Å²) in [5.74, 6) is 1.39. The first kappa shape index (κ1) is 17.8. The normalized spacial score (nSPS) is 14.4. The minimum absolute atomic E-state index is 0.108. The molecule has 0 spiro atoms. The summed E-state index contributed by atoms with van der Waals surface area (Å²) in [5, 5.41) is 9.44. The molecule has 1 aliphatic rings. The van der Waals surface area contributed by atoms with E-state index in [1.165, 1.54) is 0 Å². The van der Waals surface area contributed by atoms with Crippen LogP contribution in [0.4, 0.5) is 5.82 Å². The fourth-order valence-corrected chi connectivity index (χ4v) is 3.36.